The van der Waals surface area contributed by atoms with Gasteiger partial charge in [-0.15, -0.1) is 11.8 Å². The quantitative estimate of drug-likeness (QED) is 0.453. The number of fused-ring (bicyclic) bond motifs is 6. The van der Waals surface area contributed by atoms with Crippen molar-refractivity contribution in [3.63, 3.8) is 0 Å². The van der Waals surface area contributed by atoms with E-state index >= 15 is 0 Å². The highest BCUT2D eigenvalue weighted by atomic mass is 32.2. The van der Waals surface area contributed by atoms with Gasteiger partial charge in [0.1, 0.15) is 0 Å². The lowest BCUT2D eigenvalue weighted by Gasteiger charge is -2.29. The molecule has 0 spiro atoms. The number of aromatic nitrogens is 1. The molecule has 118 valence electrons. The van der Waals surface area contributed by atoms with E-state index in [4.69, 9.17) is 4.98 Å². The summed E-state index contributed by atoms with van der Waals surface area (Å²) in [7, 11) is 0. The molecule has 2 aliphatic carbocycles. The van der Waals surface area contributed by atoms with Crippen LogP contribution in [0.4, 0.5) is 0 Å². The van der Waals surface area contributed by atoms with Crippen molar-refractivity contribution >= 4 is 11.8 Å². The molecule has 0 radical (unpaired) electrons. The minimum absolute atomic E-state index is 1.02. The van der Waals surface area contributed by atoms with Gasteiger partial charge >= 0.3 is 0 Å². The van der Waals surface area contributed by atoms with E-state index < -0.39 is 0 Å². The fraction of sp³-hybridized carbons (Fsp3) is 0.227. The number of nitrogens with zero attached hydrogens (tertiary/aromatic N) is 1. The molecule has 0 aliphatic heterocycles. The molecule has 0 saturated heterocycles. The zero-order valence-corrected chi connectivity index (χ0v) is 14.6. The predicted octanol–water partition coefficient (Wildman–Crippen LogP) is 5.06. The van der Waals surface area contributed by atoms with Crippen molar-refractivity contribution in [1.29, 1.82) is 0 Å². The molecule has 1 heterocycles. The monoisotopic (exact) mass is 329 g/mol. The molecular formula is C22H19NS. The molecular weight excluding hydrogens is 310 g/mol. The summed E-state index contributed by atoms with van der Waals surface area (Å²) in [6.45, 7) is 0. The molecule has 2 aromatic carbocycles. The van der Waals surface area contributed by atoms with Crippen LogP contribution in [0.5, 0.6) is 0 Å². The van der Waals surface area contributed by atoms with Crippen LogP contribution in [0.25, 0.3) is 11.1 Å². The largest absolute Gasteiger partial charge is 0.246 e. The van der Waals surface area contributed by atoms with Crippen molar-refractivity contribution in [1.82, 2.24) is 4.98 Å². The minimum atomic E-state index is 1.02. The highest BCUT2D eigenvalue weighted by Crippen LogP contribution is 2.42. The van der Waals surface area contributed by atoms with Gasteiger partial charge in [0.2, 0.25) is 0 Å². The van der Waals surface area contributed by atoms with Gasteiger partial charge in [0.15, 0.2) is 0 Å². The van der Waals surface area contributed by atoms with Gasteiger partial charge in [0.05, 0.1) is 10.7 Å². The molecule has 2 aliphatic rings. The highest BCUT2D eigenvalue weighted by Gasteiger charge is 2.27. The topological polar surface area (TPSA) is 12.9 Å². The molecule has 5 rings (SSSR count). The third kappa shape index (κ3) is 2.06. The summed E-state index contributed by atoms with van der Waals surface area (Å²) >= 11 is 1.80. The van der Waals surface area contributed by atoms with Crippen LogP contribution in [0, 0.1) is 0 Å². The van der Waals surface area contributed by atoms with Gasteiger partial charge in [0, 0.05) is 12.0 Å². The molecule has 0 bridgehead atoms. The van der Waals surface area contributed by atoms with E-state index in [-0.39, 0.29) is 0 Å². The maximum Gasteiger partial charge on any atom is 0.0999 e. The number of pyridine rings is 1. The fourth-order valence-electron chi connectivity index (χ4n) is 4.26. The molecule has 1 aromatic heterocycles. The van der Waals surface area contributed by atoms with Crippen LogP contribution in [-0.2, 0) is 25.7 Å². The Morgan fingerprint density at radius 3 is 2.21 bits per heavy atom. The van der Waals surface area contributed by atoms with Crippen LogP contribution in [0.15, 0.2) is 53.6 Å². The van der Waals surface area contributed by atoms with E-state index in [1.807, 2.05) is 0 Å². The first kappa shape index (κ1) is 14.3. The average Bonchev–Trinajstić information content (AvgIpc) is 2.65. The Bertz CT molecular complexity index is 958. The van der Waals surface area contributed by atoms with Crippen molar-refractivity contribution < 1.29 is 0 Å². The Balaban J connectivity index is 1.79. The Hall–Kier alpha value is -2.06. The summed E-state index contributed by atoms with van der Waals surface area (Å²) in [5.74, 6) is 0. The van der Waals surface area contributed by atoms with E-state index in [0.717, 1.165) is 25.7 Å². The fourth-order valence-corrected chi connectivity index (χ4v) is 4.91. The van der Waals surface area contributed by atoms with Crippen molar-refractivity contribution in [2.75, 3.05) is 6.26 Å². The smallest absolute Gasteiger partial charge is 0.0999 e. The van der Waals surface area contributed by atoms with Gasteiger partial charge in [-0.1, -0.05) is 48.5 Å². The number of rotatable bonds is 1. The zero-order valence-electron chi connectivity index (χ0n) is 13.8. The van der Waals surface area contributed by atoms with Crippen molar-refractivity contribution in [3.8, 4) is 11.1 Å². The van der Waals surface area contributed by atoms with E-state index in [0.29, 0.717) is 0 Å². The molecule has 0 N–H and O–H groups in total. The van der Waals surface area contributed by atoms with Gasteiger partial charge in [-0.05, 0) is 58.9 Å². The van der Waals surface area contributed by atoms with Gasteiger partial charge in [-0.2, -0.15) is 0 Å². The van der Waals surface area contributed by atoms with E-state index in [1.165, 1.54) is 49.7 Å². The molecule has 1 nitrogen and oxygen atoms in total. The molecule has 0 saturated carbocycles. The zero-order chi connectivity index (χ0) is 16.1. The summed E-state index contributed by atoms with van der Waals surface area (Å²) in [6, 6.07) is 17.8. The number of aryl methyl sites for hydroxylation is 2. The molecule has 3 aromatic rings. The van der Waals surface area contributed by atoms with Gasteiger partial charge in [0.25, 0.3) is 0 Å². The molecule has 0 atom stereocenters. The number of benzene rings is 2. The third-order valence-electron chi connectivity index (χ3n) is 5.41. The molecule has 0 fully saturated rings. The summed E-state index contributed by atoms with van der Waals surface area (Å²) in [5.41, 5.74) is 11.5. The summed E-state index contributed by atoms with van der Waals surface area (Å²) in [5, 5.41) is 1.23. The number of hydrogen-bond donors (Lipinski definition) is 0. The van der Waals surface area contributed by atoms with Crippen molar-refractivity contribution in [3.05, 3.63) is 82.0 Å². The Kier molecular flexibility index (Phi) is 3.27. The first-order valence-electron chi connectivity index (χ1n) is 8.59. The molecule has 0 amide bonds. The van der Waals surface area contributed by atoms with Crippen LogP contribution in [-0.4, -0.2) is 11.2 Å². The standard InChI is InChI=1S/C22H19NS/c1-24-22-19-13-16-8-3-2-7-15(16)12-18(19)21-17-9-5-4-6-14(17)10-11-20(21)23-22/h2-9H,10-13H2,1H3. The van der Waals surface area contributed by atoms with Gasteiger partial charge in [-0.3, -0.25) is 0 Å². The lowest BCUT2D eigenvalue weighted by molar-refractivity contribution is 0.830. The van der Waals surface area contributed by atoms with Crippen LogP contribution in [0.3, 0.4) is 0 Å². The first-order chi connectivity index (χ1) is 11.8. The maximum atomic E-state index is 5.08. The van der Waals surface area contributed by atoms with Crippen molar-refractivity contribution in [2.45, 2.75) is 30.7 Å². The molecule has 24 heavy (non-hydrogen) atoms. The van der Waals surface area contributed by atoms with Gasteiger partial charge in [-0.25, -0.2) is 4.98 Å². The maximum absolute atomic E-state index is 5.08. The molecule has 0 unspecified atom stereocenters. The predicted molar refractivity (Wildman–Crippen MR) is 101 cm³/mol. The van der Waals surface area contributed by atoms with E-state index in [2.05, 4.69) is 54.8 Å². The summed E-state index contributed by atoms with van der Waals surface area (Å²) < 4.78 is 0. The summed E-state index contributed by atoms with van der Waals surface area (Å²) in [6.07, 6.45) is 6.39. The Labute approximate surface area is 147 Å². The van der Waals surface area contributed by atoms with Gasteiger partial charge < -0.3 is 0 Å². The number of hydrogen-bond acceptors (Lipinski definition) is 2. The number of thioether (sulfide) groups is 1. The third-order valence-corrected chi connectivity index (χ3v) is 6.14. The van der Waals surface area contributed by atoms with Crippen LogP contribution in [0.1, 0.15) is 33.5 Å². The second kappa shape index (κ2) is 5.49. The minimum Gasteiger partial charge on any atom is -0.246 e. The van der Waals surface area contributed by atoms with E-state index in [9.17, 15) is 0 Å². The second-order valence-corrected chi connectivity index (χ2v) is 7.47. The Morgan fingerprint density at radius 1 is 0.792 bits per heavy atom. The van der Waals surface area contributed by atoms with Crippen LogP contribution < -0.4 is 0 Å². The Morgan fingerprint density at radius 2 is 1.46 bits per heavy atom. The van der Waals surface area contributed by atoms with Crippen LogP contribution >= 0.6 is 11.8 Å². The van der Waals surface area contributed by atoms with Crippen molar-refractivity contribution in [2.24, 2.45) is 0 Å². The average molecular weight is 329 g/mol. The second-order valence-electron chi connectivity index (χ2n) is 6.68. The first-order valence-corrected chi connectivity index (χ1v) is 9.81. The lowest BCUT2D eigenvalue weighted by Crippen LogP contribution is -2.16. The molecule has 2 heteroatoms. The SMILES string of the molecule is CSc1nc2c(c3c1Cc1ccccc1C3)-c1ccccc1CC2. The normalized spacial score (nSPS) is 14.4. The lowest BCUT2D eigenvalue weighted by atomic mass is 9.78. The van der Waals surface area contributed by atoms with Crippen LogP contribution in [0.2, 0.25) is 0 Å². The summed E-state index contributed by atoms with van der Waals surface area (Å²) in [4.78, 5) is 5.08. The van der Waals surface area contributed by atoms with E-state index in [1.54, 1.807) is 11.8 Å². The highest BCUT2D eigenvalue weighted by molar-refractivity contribution is 7.98.